The second-order valence-electron chi connectivity index (χ2n) is 7.36. The van der Waals surface area contributed by atoms with E-state index in [0.717, 1.165) is 11.3 Å². The number of nitrogens with one attached hydrogen (secondary N) is 1. The largest absolute Gasteiger partial charge is 0.451 e. The minimum absolute atomic E-state index is 0.194. The van der Waals surface area contributed by atoms with Crippen molar-refractivity contribution in [3.63, 3.8) is 0 Å². The molecule has 0 saturated heterocycles. The monoisotopic (exact) mass is 481 g/mol. The van der Waals surface area contributed by atoms with Gasteiger partial charge in [0.1, 0.15) is 5.71 Å². The molecule has 6 nitrogen and oxygen atoms in total. The average Bonchev–Trinajstić information content (AvgIpc) is 3.30. The van der Waals surface area contributed by atoms with Crippen LogP contribution in [0.25, 0.3) is 0 Å². The van der Waals surface area contributed by atoms with Gasteiger partial charge in [-0.3, -0.25) is 9.80 Å². The highest BCUT2D eigenvalue weighted by molar-refractivity contribution is 7.99. The molecule has 1 aliphatic heterocycles. The van der Waals surface area contributed by atoms with Crippen LogP contribution in [0.1, 0.15) is 18.0 Å². The zero-order valence-corrected chi connectivity index (χ0v) is 18.8. The van der Waals surface area contributed by atoms with Gasteiger partial charge >= 0.3 is 5.97 Å². The summed E-state index contributed by atoms with van der Waals surface area (Å²) in [6.45, 7) is -0.563. The second kappa shape index (κ2) is 10.9. The summed E-state index contributed by atoms with van der Waals surface area (Å²) in [7, 11) is 0. The van der Waals surface area contributed by atoms with Gasteiger partial charge in [-0.15, -0.1) is 0 Å². The fourth-order valence-corrected chi connectivity index (χ4v) is 4.15. The molecule has 34 heavy (non-hydrogen) atoms. The number of hydrazone groups is 1. The molecule has 4 rings (SSSR count). The third kappa shape index (κ3) is 5.79. The van der Waals surface area contributed by atoms with E-state index in [-0.39, 0.29) is 22.3 Å². The molecule has 1 amide bonds. The number of para-hydroxylation sites is 2. The number of carbonyl (C=O) groups excluding carboxylic acids is 2. The minimum atomic E-state index is -2.62. The number of hydrogen-bond acceptors (Lipinski definition) is 6. The molecule has 0 saturated carbocycles. The number of anilines is 2. The predicted octanol–water partition coefficient (Wildman–Crippen LogP) is 5.49. The molecule has 0 aromatic heterocycles. The number of thioether (sulfide) groups is 1. The van der Waals surface area contributed by atoms with Gasteiger partial charge in [-0.2, -0.15) is 13.9 Å². The molecule has 1 heterocycles. The number of halogens is 2. The zero-order valence-electron chi connectivity index (χ0n) is 17.9. The summed E-state index contributed by atoms with van der Waals surface area (Å²) in [6.07, 6.45) is 0.313. The fourth-order valence-electron chi connectivity index (χ4n) is 3.56. The van der Waals surface area contributed by atoms with E-state index >= 15 is 0 Å². The Morgan fingerprint density at radius 1 is 1.00 bits per heavy atom. The third-order valence-corrected chi connectivity index (χ3v) is 5.85. The molecule has 0 aliphatic carbocycles. The van der Waals surface area contributed by atoms with Crippen molar-refractivity contribution in [2.75, 3.05) is 16.9 Å². The number of esters is 1. The van der Waals surface area contributed by atoms with E-state index in [9.17, 15) is 18.4 Å². The molecule has 9 heteroatoms. The molecule has 0 spiro atoms. The summed E-state index contributed by atoms with van der Waals surface area (Å²) in [5.41, 5.74) is 2.24. The van der Waals surface area contributed by atoms with E-state index < -0.39 is 24.2 Å². The first-order valence-electron chi connectivity index (χ1n) is 10.5. The maximum atomic E-state index is 12.7. The molecule has 174 valence electrons. The molecule has 0 fully saturated rings. The van der Waals surface area contributed by atoms with Gasteiger partial charge in [0.05, 0.1) is 17.4 Å². The molecule has 3 aromatic rings. The number of hydrogen-bond donors (Lipinski definition) is 1. The van der Waals surface area contributed by atoms with E-state index in [1.54, 1.807) is 17.1 Å². The van der Waals surface area contributed by atoms with Crippen molar-refractivity contribution in [1.82, 2.24) is 0 Å². The number of amides is 1. The van der Waals surface area contributed by atoms with Crippen LogP contribution in [0.3, 0.4) is 0 Å². The molecule has 0 bridgehead atoms. The van der Waals surface area contributed by atoms with Crippen LogP contribution in [0, 0.1) is 0 Å². The Bertz CT molecular complexity index is 1180. The molecule has 1 N–H and O–H groups in total. The molecule has 0 radical (unpaired) electrons. The van der Waals surface area contributed by atoms with Gasteiger partial charge in [0.15, 0.2) is 6.61 Å². The number of rotatable bonds is 8. The number of ether oxygens (including phenoxy) is 1. The van der Waals surface area contributed by atoms with E-state index in [2.05, 4.69) is 10.4 Å². The summed E-state index contributed by atoms with van der Waals surface area (Å²) < 4.78 is 30.7. The van der Waals surface area contributed by atoms with Crippen LogP contribution >= 0.6 is 11.8 Å². The zero-order chi connectivity index (χ0) is 23.9. The fraction of sp³-hybridized carbons (Fsp3) is 0.160. The minimum Gasteiger partial charge on any atom is -0.451 e. The highest BCUT2D eigenvalue weighted by Crippen LogP contribution is 2.35. The maximum absolute atomic E-state index is 12.7. The van der Waals surface area contributed by atoms with Crippen molar-refractivity contribution in [2.24, 2.45) is 5.10 Å². The number of benzene rings is 3. The molecular formula is C25H21F2N3O3S. The number of nitrogens with zero attached hydrogens (tertiary/aromatic N) is 2. The van der Waals surface area contributed by atoms with Crippen molar-refractivity contribution in [2.45, 2.75) is 23.1 Å². The summed E-state index contributed by atoms with van der Waals surface area (Å²) in [5.74, 6) is -3.96. The van der Waals surface area contributed by atoms with Gasteiger partial charge in [-0.05, 0) is 29.8 Å². The van der Waals surface area contributed by atoms with Gasteiger partial charge in [-0.1, -0.05) is 72.4 Å². The Labute approximate surface area is 199 Å². The molecule has 1 aliphatic rings. The lowest BCUT2D eigenvalue weighted by Crippen LogP contribution is -2.24. The average molecular weight is 482 g/mol. The van der Waals surface area contributed by atoms with Crippen LogP contribution in [-0.2, 0) is 14.3 Å². The van der Waals surface area contributed by atoms with E-state index in [4.69, 9.17) is 4.74 Å². The van der Waals surface area contributed by atoms with E-state index in [1.807, 2.05) is 60.7 Å². The highest BCUT2D eigenvalue weighted by atomic mass is 32.2. The van der Waals surface area contributed by atoms with Gasteiger partial charge in [0, 0.05) is 11.3 Å². The lowest BCUT2D eigenvalue weighted by Gasteiger charge is -2.23. The van der Waals surface area contributed by atoms with Crippen molar-refractivity contribution >= 4 is 40.7 Å². The SMILES string of the molecule is O=C(COC(=O)C1=NN(c2ccccc2)C(c2ccccc2)C1)Nc1ccccc1SC(F)F. The Morgan fingerprint density at radius 2 is 1.65 bits per heavy atom. The van der Waals surface area contributed by atoms with Crippen molar-refractivity contribution < 1.29 is 23.1 Å². The molecule has 1 unspecified atom stereocenters. The third-order valence-electron chi connectivity index (χ3n) is 5.06. The Kier molecular flexibility index (Phi) is 7.54. The van der Waals surface area contributed by atoms with Crippen molar-refractivity contribution in [1.29, 1.82) is 0 Å². The van der Waals surface area contributed by atoms with Crippen LogP contribution < -0.4 is 10.3 Å². The van der Waals surface area contributed by atoms with Crippen LogP contribution in [-0.4, -0.2) is 30.0 Å². The lowest BCUT2D eigenvalue weighted by molar-refractivity contribution is -0.140. The first-order valence-corrected chi connectivity index (χ1v) is 11.4. The lowest BCUT2D eigenvalue weighted by atomic mass is 10.0. The first-order chi connectivity index (χ1) is 16.5. The summed E-state index contributed by atoms with van der Waals surface area (Å²) in [5, 5.41) is 8.76. The Morgan fingerprint density at radius 3 is 2.35 bits per heavy atom. The van der Waals surface area contributed by atoms with E-state index in [1.165, 1.54) is 12.1 Å². The van der Waals surface area contributed by atoms with Gasteiger partial charge in [-0.25, -0.2) is 4.79 Å². The molecular weight excluding hydrogens is 460 g/mol. The highest BCUT2D eigenvalue weighted by Gasteiger charge is 2.33. The second-order valence-corrected chi connectivity index (χ2v) is 8.39. The van der Waals surface area contributed by atoms with Crippen LogP contribution in [0.15, 0.2) is 94.9 Å². The first kappa shape index (κ1) is 23.4. The van der Waals surface area contributed by atoms with Crippen LogP contribution in [0.4, 0.5) is 20.2 Å². The van der Waals surface area contributed by atoms with Gasteiger partial charge in [0.25, 0.3) is 11.7 Å². The number of alkyl halides is 2. The number of carbonyl (C=O) groups is 2. The smallest absolute Gasteiger partial charge is 0.355 e. The Hall–Kier alpha value is -3.72. The molecule has 1 atom stereocenters. The summed E-state index contributed by atoms with van der Waals surface area (Å²) >= 11 is 0.328. The maximum Gasteiger partial charge on any atom is 0.355 e. The van der Waals surface area contributed by atoms with Crippen LogP contribution in [0.2, 0.25) is 0 Å². The van der Waals surface area contributed by atoms with Crippen molar-refractivity contribution in [3.05, 3.63) is 90.5 Å². The standard InChI is InChI=1S/C25H21F2N3O3S/c26-25(27)34-22-14-8-7-13-19(22)28-23(31)16-33-24(32)20-15-21(17-9-3-1-4-10-17)30(29-20)18-11-5-2-6-12-18/h1-14,21,25H,15-16H2,(H,28,31). The van der Waals surface area contributed by atoms with Gasteiger partial charge in [0.2, 0.25) is 0 Å². The normalized spacial score (nSPS) is 15.2. The molecule has 3 aromatic carbocycles. The van der Waals surface area contributed by atoms with Crippen LogP contribution in [0.5, 0.6) is 0 Å². The Balaban J connectivity index is 1.42. The summed E-state index contributed by atoms with van der Waals surface area (Å²) in [4.78, 5) is 25.2. The predicted molar refractivity (Wildman–Crippen MR) is 128 cm³/mol. The van der Waals surface area contributed by atoms with E-state index in [0.29, 0.717) is 18.2 Å². The van der Waals surface area contributed by atoms with Gasteiger partial charge < -0.3 is 10.1 Å². The topological polar surface area (TPSA) is 71.0 Å². The van der Waals surface area contributed by atoms with Crippen molar-refractivity contribution in [3.8, 4) is 0 Å². The summed E-state index contributed by atoms with van der Waals surface area (Å²) in [6, 6.07) is 25.2. The quantitative estimate of drug-likeness (QED) is 0.340.